The summed E-state index contributed by atoms with van der Waals surface area (Å²) in [4.78, 5) is 44.2. The lowest BCUT2D eigenvalue weighted by Crippen LogP contribution is -2.43. The molecule has 192 valence electrons. The van der Waals surface area contributed by atoms with Gasteiger partial charge in [-0.3, -0.25) is 14.5 Å². The first-order chi connectivity index (χ1) is 18.6. The number of anilines is 2. The van der Waals surface area contributed by atoms with Gasteiger partial charge in [0.25, 0.3) is 5.91 Å². The topological polar surface area (TPSA) is 101 Å². The van der Waals surface area contributed by atoms with Crippen LogP contribution >= 0.6 is 11.3 Å². The molecule has 3 aromatic carbocycles. The zero-order valence-electron chi connectivity index (χ0n) is 20.5. The molecule has 0 bridgehead atoms. The summed E-state index contributed by atoms with van der Waals surface area (Å²) in [5.74, 6) is -0.485. The van der Waals surface area contributed by atoms with E-state index in [1.165, 1.54) is 16.2 Å². The second-order valence-electron chi connectivity index (χ2n) is 8.82. The van der Waals surface area contributed by atoms with E-state index in [1.54, 1.807) is 12.1 Å². The summed E-state index contributed by atoms with van der Waals surface area (Å²) >= 11 is 1.30. The van der Waals surface area contributed by atoms with Crippen LogP contribution in [0.15, 0.2) is 90.3 Å². The molecule has 1 aromatic heterocycles. The van der Waals surface area contributed by atoms with Gasteiger partial charge in [0.15, 0.2) is 5.13 Å². The van der Waals surface area contributed by atoms with Crippen molar-refractivity contribution >= 4 is 40.1 Å². The predicted octanol–water partition coefficient (Wildman–Crippen LogP) is 5.80. The van der Waals surface area contributed by atoms with Crippen molar-refractivity contribution in [3.05, 3.63) is 101 Å². The van der Waals surface area contributed by atoms with Gasteiger partial charge >= 0.3 is 6.09 Å². The van der Waals surface area contributed by atoms with Crippen LogP contribution in [0.1, 0.15) is 28.8 Å². The number of likely N-dealkylation sites (tertiary alicyclic amines) is 1. The van der Waals surface area contributed by atoms with Gasteiger partial charge in [-0.05, 0) is 42.7 Å². The molecule has 1 saturated heterocycles. The number of carbonyl (C=O) groups excluding carboxylic acids is 3. The van der Waals surface area contributed by atoms with Crippen LogP contribution in [0.3, 0.4) is 0 Å². The molecular formula is C29H26N4O4S. The number of nitrogens with one attached hydrogen (secondary N) is 2. The van der Waals surface area contributed by atoms with Crippen LogP contribution in [0.25, 0.3) is 11.3 Å². The molecule has 5 rings (SSSR count). The Morgan fingerprint density at radius 2 is 1.71 bits per heavy atom. The first kappa shape index (κ1) is 25.2. The first-order valence-corrected chi connectivity index (χ1v) is 13.2. The summed E-state index contributed by atoms with van der Waals surface area (Å²) < 4.78 is 5.44. The van der Waals surface area contributed by atoms with E-state index in [-0.39, 0.29) is 18.4 Å². The van der Waals surface area contributed by atoms with E-state index in [0.717, 1.165) is 17.5 Å². The van der Waals surface area contributed by atoms with Crippen LogP contribution in [0.4, 0.5) is 15.6 Å². The van der Waals surface area contributed by atoms with Gasteiger partial charge in [0, 0.05) is 28.7 Å². The molecule has 38 heavy (non-hydrogen) atoms. The number of carbonyl (C=O) groups is 3. The van der Waals surface area contributed by atoms with E-state index in [0.29, 0.717) is 35.0 Å². The van der Waals surface area contributed by atoms with Crippen LogP contribution < -0.4 is 10.6 Å². The number of thiazole rings is 1. The van der Waals surface area contributed by atoms with E-state index >= 15 is 0 Å². The van der Waals surface area contributed by atoms with Crippen LogP contribution in [-0.4, -0.2) is 40.4 Å². The summed E-state index contributed by atoms with van der Waals surface area (Å²) in [6, 6.07) is 25.2. The second-order valence-corrected chi connectivity index (χ2v) is 9.68. The third kappa shape index (κ3) is 6.07. The Balaban J connectivity index is 1.20. The van der Waals surface area contributed by atoms with E-state index in [1.807, 2.05) is 78.2 Å². The van der Waals surface area contributed by atoms with Gasteiger partial charge < -0.3 is 15.4 Å². The van der Waals surface area contributed by atoms with Crippen molar-refractivity contribution in [3.8, 4) is 11.3 Å². The van der Waals surface area contributed by atoms with Crippen molar-refractivity contribution < 1.29 is 19.1 Å². The average Bonchev–Trinajstić information content (AvgIpc) is 3.63. The molecule has 1 fully saturated rings. The summed E-state index contributed by atoms with van der Waals surface area (Å²) in [7, 11) is 0. The molecule has 4 aromatic rings. The van der Waals surface area contributed by atoms with Gasteiger partial charge in [-0.1, -0.05) is 60.7 Å². The standard InChI is InChI=1S/C29H26N4O4S/c34-26(21-11-5-2-6-12-21)30-23-14-7-13-22(17-23)24-19-38-28(31-24)32-27(35)25-15-8-16-33(25)29(36)37-18-20-9-3-1-4-10-20/h1-7,9-14,17,19,25H,8,15-16,18H2,(H,30,34)(H,31,32,35). The number of aromatic nitrogens is 1. The van der Waals surface area contributed by atoms with Crippen molar-refractivity contribution in [2.45, 2.75) is 25.5 Å². The van der Waals surface area contributed by atoms with Crippen molar-refractivity contribution in [2.75, 3.05) is 17.2 Å². The van der Waals surface area contributed by atoms with Gasteiger partial charge in [0.2, 0.25) is 5.91 Å². The van der Waals surface area contributed by atoms with E-state index in [4.69, 9.17) is 4.74 Å². The van der Waals surface area contributed by atoms with Crippen molar-refractivity contribution in [2.24, 2.45) is 0 Å². The number of amides is 3. The van der Waals surface area contributed by atoms with E-state index in [9.17, 15) is 14.4 Å². The van der Waals surface area contributed by atoms with Crippen LogP contribution in [-0.2, 0) is 16.1 Å². The lowest BCUT2D eigenvalue weighted by atomic mass is 10.1. The molecule has 9 heteroatoms. The Hall–Kier alpha value is -4.50. The van der Waals surface area contributed by atoms with Crippen LogP contribution in [0.5, 0.6) is 0 Å². The minimum atomic E-state index is -0.609. The van der Waals surface area contributed by atoms with Gasteiger partial charge in [-0.25, -0.2) is 9.78 Å². The summed E-state index contributed by atoms with van der Waals surface area (Å²) in [6.07, 6.45) is 0.789. The van der Waals surface area contributed by atoms with Crippen molar-refractivity contribution in [3.63, 3.8) is 0 Å². The third-order valence-corrected chi connectivity index (χ3v) is 6.94. The molecular weight excluding hydrogens is 500 g/mol. The van der Waals surface area contributed by atoms with Gasteiger partial charge in [-0.2, -0.15) is 0 Å². The number of nitrogens with zero attached hydrogens (tertiary/aromatic N) is 2. The first-order valence-electron chi connectivity index (χ1n) is 12.3. The molecule has 1 unspecified atom stereocenters. The molecule has 2 N–H and O–H groups in total. The van der Waals surface area contributed by atoms with Crippen LogP contribution in [0.2, 0.25) is 0 Å². The van der Waals surface area contributed by atoms with Crippen LogP contribution in [0, 0.1) is 0 Å². The van der Waals surface area contributed by atoms with Crippen molar-refractivity contribution in [1.29, 1.82) is 0 Å². The largest absolute Gasteiger partial charge is 0.445 e. The maximum atomic E-state index is 13.0. The molecule has 0 aliphatic carbocycles. The minimum absolute atomic E-state index is 0.158. The fourth-order valence-corrected chi connectivity index (χ4v) is 4.98. The molecule has 0 radical (unpaired) electrons. The predicted molar refractivity (Wildman–Crippen MR) is 147 cm³/mol. The second kappa shape index (κ2) is 11.7. The molecule has 1 aliphatic heterocycles. The number of ether oxygens (including phenoxy) is 1. The number of hydrogen-bond donors (Lipinski definition) is 2. The zero-order chi connectivity index (χ0) is 26.3. The Kier molecular flexibility index (Phi) is 7.75. The Morgan fingerprint density at radius 1 is 0.947 bits per heavy atom. The molecule has 0 spiro atoms. The fourth-order valence-electron chi connectivity index (χ4n) is 4.26. The highest BCUT2D eigenvalue weighted by molar-refractivity contribution is 7.14. The average molecular weight is 527 g/mol. The lowest BCUT2D eigenvalue weighted by Gasteiger charge is -2.22. The molecule has 2 heterocycles. The van der Waals surface area contributed by atoms with Gasteiger partial charge in [0.05, 0.1) is 5.69 Å². The minimum Gasteiger partial charge on any atom is -0.445 e. The molecule has 8 nitrogen and oxygen atoms in total. The third-order valence-electron chi connectivity index (χ3n) is 6.18. The maximum absolute atomic E-state index is 13.0. The summed E-state index contributed by atoms with van der Waals surface area (Å²) in [6.45, 7) is 0.627. The zero-order valence-corrected chi connectivity index (χ0v) is 21.3. The number of rotatable bonds is 7. The number of benzene rings is 3. The summed E-state index contributed by atoms with van der Waals surface area (Å²) in [5, 5.41) is 8.03. The highest BCUT2D eigenvalue weighted by atomic mass is 32.1. The quantitative estimate of drug-likeness (QED) is 0.317. The Morgan fingerprint density at radius 3 is 2.50 bits per heavy atom. The molecule has 1 aliphatic rings. The Bertz CT molecular complexity index is 1420. The van der Waals surface area contributed by atoms with Crippen molar-refractivity contribution in [1.82, 2.24) is 9.88 Å². The summed E-state index contributed by atoms with van der Waals surface area (Å²) in [5.41, 5.74) is 3.58. The normalized spacial score (nSPS) is 14.6. The molecule has 0 saturated carbocycles. The SMILES string of the molecule is O=C(Nc1cccc(-c2csc(NC(=O)C3CCCN3C(=O)OCc3ccccc3)n2)c1)c1ccccc1. The molecule has 1 atom stereocenters. The number of hydrogen-bond acceptors (Lipinski definition) is 6. The van der Waals surface area contributed by atoms with Gasteiger partial charge in [0.1, 0.15) is 12.6 Å². The van der Waals surface area contributed by atoms with E-state index in [2.05, 4.69) is 15.6 Å². The lowest BCUT2D eigenvalue weighted by molar-refractivity contribution is -0.120. The highest BCUT2D eigenvalue weighted by Crippen LogP contribution is 2.28. The van der Waals surface area contributed by atoms with E-state index < -0.39 is 12.1 Å². The fraction of sp³-hybridized carbons (Fsp3) is 0.172. The smallest absolute Gasteiger partial charge is 0.410 e. The highest BCUT2D eigenvalue weighted by Gasteiger charge is 2.35. The molecule has 3 amide bonds. The Labute approximate surface area is 224 Å². The van der Waals surface area contributed by atoms with Gasteiger partial charge in [-0.15, -0.1) is 11.3 Å². The maximum Gasteiger partial charge on any atom is 0.410 e. The monoisotopic (exact) mass is 526 g/mol.